The van der Waals surface area contributed by atoms with Crippen LogP contribution in [0.2, 0.25) is 0 Å². The van der Waals surface area contributed by atoms with Gasteiger partial charge in [0.05, 0.1) is 11.5 Å². The fourth-order valence-corrected chi connectivity index (χ4v) is 8.55. The number of carbonyl (C=O) groups is 1. The number of H-pyrrole nitrogens is 1. The van der Waals surface area contributed by atoms with Gasteiger partial charge in [-0.1, -0.05) is 19.6 Å². The Kier molecular flexibility index (Phi) is 8.11. The Labute approximate surface area is 289 Å². The van der Waals surface area contributed by atoms with Crippen molar-refractivity contribution in [2.75, 3.05) is 76.3 Å². The smallest absolute Gasteiger partial charge is 0.422 e. The number of benzene rings is 1. The Bertz CT molecular complexity index is 1950. The van der Waals surface area contributed by atoms with Crippen LogP contribution in [-0.4, -0.2) is 109 Å². The topological polar surface area (TPSA) is 93.7 Å². The summed E-state index contributed by atoms with van der Waals surface area (Å²) in [5.41, 5.74) is 3.19. The molecule has 1 saturated carbocycles. The van der Waals surface area contributed by atoms with Crippen molar-refractivity contribution < 1.29 is 22.7 Å². The molecule has 1 spiro atoms. The summed E-state index contributed by atoms with van der Waals surface area (Å²) in [6, 6.07) is 2.16. The van der Waals surface area contributed by atoms with Gasteiger partial charge in [-0.25, -0.2) is 4.98 Å². The maximum Gasteiger partial charge on any atom is 0.422 e. The van der Waals surface area contributed by atoms with Gasteiger partial charge in [-0.3, -0.25) is 9.89 Å². The fourth-order valence-electron chi connectivity index (χ4n) is 8.55. The van der Waals surface area contributed by atoms with E-state index in [9.17, 15) is 18.0 Å². The Balaban J connectivity index is 1.28. The molecule has 1 aromatic carbocycles. The molecule has 266 valence electrons. The van der Waals surface area contributed by atoms with E-state index in [1.54, 1.807) is 6.20 Å². The Hall–Kier alpha value is -4.13. The molecule has 3 saturated heterocycles. The lowest BCUT2D eigenvalue weighted by Gasteiger charge is -2.54. The average molecular weight is 691 g/mol. The van der Waals surface area contributed by atoms with E-state index in [0.29, 0.717) is 17.4 Å². The first-order chi connectivity index (χ1) is 23.9. The maximum atomic E-state index is 14.0. The first-order valence-corrected chi connectivity index (χ1v) is 17.8. The number of fused-ring (bicyclic) bond motifs is 2. The molecule has 5 heterocycles. The van der Waals surface area contributed by atoms with Crippen LogP contribution in [0.3, 0.4) is 0 Å². The number of hydrogen-bond acceptors (Lipinski definition) is 8. The van der Waals surface area contributed by atoms with Crippen molar-refractivity contribution in [2.24, 2.45) is 17.3 Å². The van der Waals surface area contributed by atoms with Crippen molar-refractivity contribution in [1.29, 1.82) is 0 Å². The number of rotatable bonds is 9. The first-order valence-electron chi connectivity index (χ1n) is 17.8. The number of amides is 1. The van der Waals surface area contributed by atoms with E-state index in [2.05, 4.69) is 64.6 Å². The van der Waals surface area contributed by atoms with Gasteiger partial charge in [0.25, 0.3) is 0 Å². The number of likely N-dealkylation sites (tertiary alicyclic amines) is 1. The van der Waals surface area contributed by atoms with E-state index in [1.807, 2.05) is 4.90 Å². The average Bonchev–Trinajstić information content (AvgIpc) is 3.79. The molecular weight excluding hydrogens is 645 g/mol. The number of nitrogens with one attached hydrogen (secondary N) is 1. The molecule has 10 nitrogen and oxygen atoms in total. The highest BCUT2D eigenvalue weighted by molar-refractivity contribution is 6.00. The van der Waals surface area contributed by atoms with Gasteiger partial charge in [-0.05, 0) is 81.3 Å². The van der Waals surface area contributed by atoms with Gasteiger partial charge in [0.15, 0.2) is 12.4 Å². The lowest BCUT2D eigenvalue weighted by atomic mass is 9.72. The van der Waals surface area contributed by atoms with Crippen molar-refractivity contribution in [3.8, 4) is 5.75 Å². The zero-order valence-electron chi connectivity index (χ0n) is 29.0. The van der Waals surface area contributed by atoms with Crippen molar-refractivity contribution in [3.05, 3.63) is 46.6 Å². The Morgan fingerprint density at radius 2 is 1.90 bits per heavy atom. The molecule has 50 heavy (non-hydrogen) atoms. The summed E-state index contributed by atoms with van der Waals surface area (Å²) in [5.74, 6) is 2.14. The summed E-state index contributed by atoms with van der Waals surface area (Å²) >= 11 is 0. The van der Waals surface area contributed by atoms with Crippen LogP contribution in [0.1, 0.15) is 56.1 Å². The van der Waals surface area contributed by atoms with Gasteiger partial charge in [-0.2, -0.15) is 23.3 Å². The third kappa shape index (κ3) is 6.01. The predicted molar refractivity (Wildman–Crippen MR) is 187 cm³/mol. The molecular formula is C37H45F3N8O2. The molecule has 4 fully saturated rings. The Morgan fingerprint density at radius 3 is 2.56 bits per heavy atom. The minimum absolute atomic E-state index is 0.0352. The Morgan fingerprint density at radius 1 is 1.16 bits per heavy atom. The van der Waals surface area contributed by atoms with Crippen LogP contribution in [0.25, 0.3) is 22.6 Å². The van der Waals surface area contributed by atoms with Gasteiger partial charge >= 0.3 is 6.18 Å². The summed E-state index contributed by atoms with van der Waals surface area (Å²) in [7, 11) is 4.11. The van der Waals surface area contributed by atoms with Crippen LogP contribution in [0, 0.1) is 17.3 Å². The molecule has 0 radical (unpaired) electrons. The van der Waals surface area contributed by atoms with Crippen LogP contribution in [0.5, 0.6) is 5.75 Å². The van der Waals surface area contributed by atoms with E-state index in [-0.39, 0.29) is 28.9 Å². The molecule has 1 unspecified atom stereocenters. The first kappa shape index (κ1) is 33.0. The quantitative estimate of drug-likeness (QED) is 0.339. The minimum atomic E-state index is -4.53. The van der Waals surface area contributed by atoms with Gasteiger partial charge in [-0.15, -0.1) is 0 Å². The number of nitrogens with zero attached hydrogens (tertiary/aromatic N) is 7. The summed E-state index contributed by atoms with van der Waals surface area (Å²) in [6.45, 7) is 9.72. The van der Waals surface area contributed by atoms with E-state index in [1.165, 1.54) is 6.08 Å². The predicted octanol–water partition coefficient (Wildman–Crippen LogP) is 3.80. The number of carbonyl (C=O) groups excluding carboxylic acids is 1. The van der Waals surface area contributed by atoms with Crippen LogP contribution < -0.4 is 25.1 Å². The van der Waals surface area contributed by atoms with Crippen molar-refractivity contribution in [3.63, 3.8) is 0 Å². The number of alkyl halides is 3. The third-order valence-electron chi connectivity index (χ3n) is 11.3. The molecule has 1 N–H and O–H groups in total. The van der Waals surface area contributed by atoms with E-state index >= 15 is 0 Å². The lowest BCUT2D eigenvalue weighted by Crippen LogP contribution is -2.61. The van der Waals surface area contributed by atoms with E-state index in [0.717, 1.165) is 116 Å². The molecule has 3 aliphatic heterocycles. The zero-order valence-corrected chi connectivity index (χ0v) is 29.0. The zero-order chi connectivity index (χ0) is 34.9. The highest BCUT2D eigenvalue weighted by Gasteiger charge is 2.47. The maximum absolute atomic E-state index is 14.0. The molecule has 0 bridgehead atoms. The lowest BCUT2D eigenvalue weighted by molar-refractivity contribution is -0.153. The largest absolute Gasteiger partial charge is 0.481 e. The van der Waals surface area contributed by atoms with E-state index in [4.69, 9.17) is 14.7 Å². The molecule has 1 atom stereocenters. The van der Waals surface area contributed by atoms with Gasteiger partial charge in [0, 0.05) is 73.3 Å². The highest BCUT2D eigenvalue weighted by Crippen LogP contribution is 2.51. The summed E-state index contributed by atoms with van der Waals surface area (Å²) in [6.07, 6.45) is 5.17. The second-order valence-corrected chi connectivity index (χ2v) is 15.5. The van der Waals surface area contributed by atoms with Crippen LogP contribution in [-0.2, 0) is 4.79 Å². The van der Waals surface area contributed by atoms with E-state index < -0.39 is 12.8 Å². The molecule has 2 aromatic heterocycles. The van der Waals surface area contributed by atoms with Crippen molar-refractivity contribution >= 4 is 40.2 Å². The van der Waals surface area contributed by atoms with Gasteiger partial charge in [0.2, 0.25) is 11.9 Å². The molecule has 13 heteroatoms. The van der Waals surface area contributed by atoms with Crippen LogP contribution >= 0.6 is 0 Å². The summed E-state index contributed by atoms with van der Waals surface area (Å²) in [5, 5.41) is 9.91. The normalized spacial score (nSPS) is 22.0. The second-order valence-electron chi connectivity index (χ2n) is 15.5. The SMILES string of the molecule is C=CC(=O)N1CC2(CCN(c3nc(N4CC(CN(C)C)C4)nc4c(OCC(F)(F)F)c(C5=c6cn[nH]c6=CCC5C)c(C5CC5)cc34)CC2)C1. The van der Waals surface area contributed by atoms with Crippen molar-refractivity contribution in [2.45, 2.75) is 51.1 Å². The number of aromatic amines is 1. The number of halogens is 3. The number of aromatic nitrogens is 4. The fraction of sp³-hybridized carbons (Fsp3) is 0.568. The number of piperidine rings is 1. The molecule has 5 aliphatic rings. The highest BCUT2D eigenvalue weighted by atomic mass is 19.4. The van der Waals surface area contributed by atoms with Crippen molar-refractivity contribution in [1.82, 2.24) is 30.0 Å². The molecule has 2 aliphatic carbocycles. The standard InChI is InChI=1S/C37H45F3N8O2/c1-5-29(49)48-19-36(20-48)10-12-46(13-11-36)34-26-14-25(24-7-8-24)31(30-22(2)6-9-28-27(30)15-41-44-28)33(50-21-37(38,39)40)32(26)42-35(43-34)47-17-23(18-47)16-45(3)4/h5,9,14-15,22-24,44H,1,6-8,10-13,16-21H2,2-4H3. The number of anilines is 2. The molecule has 3 aromatic rings. The summed E-state index contributed by atoms with van der Waals surface area (Å²) in [4.78, 5) is 30.9. The monoisotopic (exact) mass is 690 g/mol. The van der Waals surface area contributed by atoms with Crippen LogP contribution in [0.15, 0.2) is 24.9 Å². The van der Waals surface area contributed by atoms with Gasteiger partial charge < -0.3 is 24.3 Å². The molecule has 8 rings (SSSR count). The number of hydrogen-bond donors (Lipinski definition) is 1. The minimum Gasteiger partial charge on any atom is -0.481 e. The second kappa shape index (κ2) is 12.3. The van der Waals surface area contributed by atoms with Crippen LogP contribution in [0.4, 0.5) is 24.9 Å². The van der Waals surface area contributed by atoms with Gasteiger partial charge in [0.1, 0.15) is 11.3 Å². The summed E-state index contributed by atoms with van der Waals surface area (Å²) < 4.78 is 48.0. The number of ether oxygens (including phenoxy) is 1. The molecule has 1 amide bonds. The third-order valence-corrected chi connectivity index (χ3v) is 11.3.